The first-order chi connectivity index (χ1) is 17.0. The number of oxazole rings is 1. The lowest BCUT2D eigenvalue weighted by Crippen LogP contribution is -2.32. The first-order valence-corrected chi connectivity index (χ1v) is 11.4. The molecule has 0 atom stereocenters. The minimum absolute atomic E-state index is 0.151. The SMILES string of the molecule is O=C(/C=C/c1ccc(-c2ccccc2)o1)NC(=S)Nc1ccc2oc(-c3ccccc3Cl)nc2c1. The Morgan fingerprint density at radius 3 is 2.57 bits per heavy atom. The van der Waals surface area contributed by atoms with E-state index in [2.05, 4.69) is 15.6 Å². The van der Waals surface area contributed by atoms with E-state index in [0.29, 0.717) is 39.0 Å². The molecule has 0 bridgehead atoms. The molecule has 2 N–H and O–H groups in total. The molecule has 8 heteroatoms. The number of hydrogen-bond donors (Lipinski definition) is 2. The summed E-state index contributed by atoms with van der Waals surface area (Å²) in [5, 5.41) is 6.31. The van der Waals surface area contributed by atoms with Gasteiger partial charge in [-0.1, -0.05) is 54.1 Å². The van der Waals surface area contributed by atoms with E-state index in [-0.39, 0.29) is 11.0 Å². The van der Waals surface area contributed by atoms with Crippen LogP contribution in [0.25, 0.3) is 40.0 Å². The van der Waals surface area contributed by atoms with E-state index in [1.54, 1.807) is 36.4 Å². The van der Waals surface area contributed by atoms with Crippen LogP contribution in [0.4, 0.5) is 5.69 Å². The molecule has 0 spiro atoms. The monoisotopic (exact) mass is 499 g/mol. The fourth-order valence-corrected chi connectivity index (χ4v) is 3.86. The molecule has 0 saturated heterocycles. The molecule has 0 fully saturated rings. The molecule has 2 aromatic heterocycles. The van der Waals surface area contributed by atoms with Gasteiger partial charge in [0.2, 0.25) is 11.8 Å². The Bertz CT molecular complexity index is 1560. The number of halogens is 1. The fourth-order valence-electron chi connectivity index (χ4n) is 3.43. The Labute approximate surface area is 211 Å². The van der Waals surface area contributed by atoms with Crippen LogP contribution in [0.15, 0.2) is 99.8 Å². The standard InChI is InChI=1S/C27H18ClN3O3S/c28-21-9-5-4-8-20(21)26-30-22-16-18(10-13-24(22)34-26)29-27(35)31-25(32)15-12-19-11-14-23(33-19)17-6-2-1-3-7-17/h1-16H,(H2,29,31,32,35)/b15-12+. The molecule has 0 unspecified atom stereocenters. The van der Waals surface area contributed by atoms with Crippen LogP contribution in [0, 0.1) is 0 Å². The van der Waals surface area contributed by atoms with Gasteiger partial charge in [0.25, 0.3) is 0 Å². The van der Waals surface area contributed by atoms with E-state index in [1.807, 2.05) is 54.6 Å². The summed E-state index contributed by atoms with van der Waals surface area (Å²) in [6, 6.07) is 26.1. The number of furan rings is 1. The number of carbonyl (C=O) groups excluding carboxylic acids is 1. The van der Waals surface area contributed by atoms with E-state index in [0.717, 1.165) is 11.3 Å². The number of hydrogen-bond acceptors (Lipinski definition) is 5. The molecule has 6 nitrogen and oxygen atoms in total. The van der Waals surface area contributed by atoms with Crippen LogP contribution in [-0.2, 0) is 4.79 Å². The second-order valence-electron chi connectivity index (χ2n) is 7.53. The normalized spacial score (nSPS) is 11.1. The van der Waals surface area contributed by atoms with Gasteiger partial charge < -0.3 is 14.2 Å². The largest absolute Gasteiger partial charge is 0.457 e. The zero-order chi connectivity index (χ0) is 24.2. The molecule has 0 radical (unpaired) electrons. The number of nitrogens with one attached hydrogen (secondary N) is 2. The van der Waals surface area contributed by atoms with Crippen LogP contribution < -0.4 is 10.6 Å². The van der Waals surface area contributed by atoms with Gasteiger partial charge in [-0.25, -0.2) is 4.98 Å². The third kappa shape index (κ3) is 5.32. The number of rotatable bonds is 5. The van der Waals surface area contributed by atoms with Crippen LogP contribution in [-0.4, -0.2) is 16.0 Å². The van der Waals surface area contributed by atoms with Crippen molar-refractivity contribution in [3.05, 3.63) is 102 Å². The van der Waals surface area contributed by atoms with Gasteiger partial charge in [-0.05, 0) is 60.8 Å². The molecular formula is C27H18ClN3O3S. The van der Waals surface area contributed by atoms with Gasteiger partial charge in [0, 0.05) is 17.3 Å². The Kier molecular flexibility index (Phi) is 6.43. The maximum absolute atomic E-state index is 12.3. The maximum Gasteiger partial charge on any atom is 0.250 e. The second kappa shape index (κ2) is 9.97. The molecule has 3 aromatic carbocycles. The van der Waals surface area contributed by atoms with Crippen molar-refractivity contribution in [2.45, 2.75) is 0 Å². The maximum atomic E-state index is 12.3. The number of aromatic nitrogens is 1. The van der Waals surface area contributed by atoms with Crippen molar-refractivity contribution in [1.29, 1.82) is 0 Å². The molecule has 35 heavy (non-hydrogen) atoms. The summed E-state index contributed by atoms with van der Waals surface area (Å²) in [5.74, 6) is 1.33. The minimum atomic E-state index is -0.385. The van der Waals surface area contributed by atoms with E-state index in [4.69, 9.17) is 32.7 Å². The van der Waals surface area contributed by atoms with Gasteiger partial charge in [-0.2, -0.15) is 0 Å². The molecule has 0 aliphatic heterocycles. The lowest BCUT2D eigenvalue weighted by atomic mass is 10.2. The van der Waals surface area contributed by atoms with Crippen molar-refractivity contribution < 1.29 is 13.6 Å². The van der Waals surface area contributed by atoms with Gasteiger partial charge in [0.15, 0.2) is 10.7 Å². The highest BCUT2D eigenvalue weighted by Crippen LogP contribution is 2.30. The number of thiocarbonyl (C=S) groups is 1. The number of anilines is 1. The summed E-state index contributed by atoms with van der Waals surface area (Å²) in [4.78, 5) is 16.8. The van der Waals surface area contributed by atoms with Gasteiger partial charge in [-0.3, -0.25) is 10.1 Å². The Balaban J connectivity index is 1.21. The predicted molar refractivity (Wildman–Crippen MR) is 142 cm³/mol. The molecule has 5 rings (SSSR count). The van der Waals surface area contributed by atoms with Crippen molar-refractivity contribution in [3.8, 4) is 22.8 Å². The van der Waals surface area contributed by atoms with Crippen molar-refractivity contribution in [3.63, 3.8) is 0 Å². The third-order valence-corrected chi connectivity index (χ3v) is 5.60. The van der Waals surface area contributed by atoms with E-state index >= 15 is 0 Å². The van der Waals surface area contributed by atoms with E-state index < -0.39 is 0 Å². The van der Waals surface area contributed by atoms with Gasteiger partial charge in [0.05, 0.1) is 10.6 Å². The highest BCUT2D eigenvalue weighted by molar-refractivity contribution is 7.80. The molecule has 2 heterocycles. The summed E-state index contributed by atoms with van der Waals surface area (Å²) < 4.78 is 11.6. The first-order valence-electron chi connectivity index (χ1n) is 10.7. The van der Waals surface area contributed by atoms with Crippen LogP contribution in [0.3, 0.4) is 0 Å². The second-order valence-corrected chi connectivity index (χ2v) is 8.34. The fraction of sp³-hybridized carbons (Fsp3) is 0. The average molecular weight is 500 g/mol. The molecule has 5 aromatic rings. The Morgan fingerprint density at radius 2 is 1.74 bits per heavy atom. The van der Waals surface area contributed by atoms with Gasteiger partial charge in [0.1, 0.15) is 17.0 Å². The predicted octanol–water partition coefficient (Wildman–Crippen LogP) is 6.93. The van der Waals surface area contributed by atoms with Crippen LogP contribution in [0.5, 0.6) is 0 Å². The topological polar surface area (TPSA) is 80.3 Å². The number of benzene rings is 3. The van der Waals surface area contributed by atoms with Crippen molar-refractivity contribution in [2.24, 2.45) is 0 Å². The Hall–Kier alpha value is -4.20. The summed E-state index contributed by atoms with van der Waals surface area (Å²) in [7, 11) is 0. The van der Waals surface area contributed by atoms with Crippen LogP contribution in [0.2, 0.25) is 5.02 Å². The quantitative estimate of drug-likeness (QED) is 0.201. The Morgan fingerprint density at radius 1 is 0.943 bits per heavy atom. The number of amides is 1. The zero-order valence-electron chi connectivity index (χ0n) is 18.2. The first kappa shape index (κ1) is 22.6. The van der Waals surface area contributed by atoms with E-state index in [9.17, 15) is 4.79 Å². The number of nitrogens with zero attached hydrogens (tertiary/aromatic N) is 1. The average Bonchev–Trinajstić information content (AvgIpc) is 3.50. The molecule has 172 valence electrons. The molecule has 0 aliphatic rings. The molecule has 1 amide bonds. The smallest absolute Gasteiger partial charge is 0.250 e. The zero-order valence-corrected chi connectivity index (χ0v) is 19.8. The van der Waals surface area contributed by atoms with Crippen LogP contribution in [0.1, 0.15) is 5.76 Å². The van der Waals surface area contributed by atoms with Crippen LogP contribution >= 0.6 is 23.8 Å². The summed E-state index contributed by atoms with van der Waals surface area (Å²) in [6.07, 6.45) is 2.94. The highest BCUT2D eigenvalue weighted by Gasteiger charge is 2.12. The lowest BCUT2D eigenvalue weighted by molar-refractivity contribution is -0.115. The van der Waals surface area contributed by atoms with Crippen molar-refractivity contribution in [1.82, 2.24) is 10.3 Å². The number of fused-ring (bicyclic) bond motifs is 1. The number of carbonyl (C=O) groups is 1. The molecule has 0 aliphatic carbocycles. The summed E-state index contributed by atoms with van der Waals surface area (Å²) in [6.45, 7) is 0. The summed E-state index contributed by atoms with van der Waals surface area (Å²) >= 11 is 11.5. The van der Waals surface area contributed by atoms with Crippen molar-refractivity contribution in [2.75, 3.05) is 5.32 Å². The van der Waals surface area contributed by atoms with Gasteiger partial charge >= 0.3 is 0 Å². The molecule has 0 saturated carbocycles. The minimum Gasteiger partial charge on any atom is -0.457 e. The van der Waals surface area contributed by atoms with E-state index in [1.165, 1.54) is 6.08 Å². The van der Waals surface area contributed by atoms with Crippen molar-refractivity contribution >= 4 is 57.7 Å². The summed E-state index contributed by atoms with van der Waals surface area (Å²) in [5.41, 5.74) is 3.57. The highest BCUT2D eigenvalue weighted by atomic mass is 35.5. The third-order valence-electron chi connectivity index (χ3n) is 5.07. The molecular weight excluding hydrogens is 482 g/mol. The lowest BCUT2D eigenvalue weighted by Gasteiger charge is -2.07. The van der Waals surface area contributed by atoms with Gasteiger partial charge in [-0.15, -0.1) is 0 Å².